The largest absolute Gasteiger partial charge is 0.489 e. The Balaban J connectivity index is 1.36. The number of anilines is 1. The third-order valence-corrected chi connectivity index (χ3v) is 7.07. The second-order valence-electron chi connectivity index (χ2n) is 8.24. The highest BCUT2D eigenvalue weighted by Crippen LogP contribution is 2.29. The molecule has 1 amide bonds. The second-order valence-corrected chi connectivity index (χ2v) is 10.3. The summed E-state index contributed by atoms with van der Waals surface area (Å²) in [6.07, 6.45) is 1.50. The van der Waals surface area contributed by atoms with Crippen LogP contribution in [0.15, 0.2) is 95.0 Å². The molecule has 1 N–H and O–H groups in total. The van der Waals surface area contributed by atoms with Crippen molar-refractivity contribution >= 4 is 68.4 Å². The summed E-state index contributed by atoms with van der Waals surface area (Å²) in [5.74, 6) is 0.670. The Morgan fingerprint density at radius 3 is 2.28 bits per heavy atom. The van der Waals surface area contributed by atoms with Gasteiger partial charge in [-0.1, -0.05) is 65.1 Å². The molecule has 0 heterocycles. The predicted octanol–water partition coefficient (Wildman–Crippen LogP) is 9.11. The van der Waals surface area contributed by atoms with Crippen LogP contribution in [0.3, 0.4) is 0 Å². The number of nitriles is 1. The minimum Gasteiger partial charge on any atom is -0.489 e. The van der Waals surface area contributed by atoms with Gasteiger partial charge in [-0.3, -0.25) is 4.79 Å². The van der Waals surface area contributed by atoms with Gasteiger partial charge in [-0.15, -0.1) is 0 Å². The van der Waals surface area contributed by atoms with E-state index in [0.29, 0.717) is 48.9 Å². The van der Waals surface area contributed by atoms with Gasteiger partial charge in [-0.05, 0) is 82.2 Å². The fraction of sp³-hybridized carbons (Fsp3) is 0.0667. The van der Waals surface area contributed by atoms with Crippen molar-refractivity contribution in [3.63, 3.8) is 0 Å². The highest BCUT2D eigenvalue weighted by molar-refractivity contribution is 9.10. The topological polar surface area (TPSA) is 71.3 Å². The summed E-state index contributed by atoms with van der Waals surface area (Å²) in [5.41, 5.74) is 2.78. The Bertz CT molecular complexity index is 1570. The lowest BCUT2D eigenvalue weighted by atomic mass is 10.1. The van der Waals surface area contributed by atoms with Crippen LogP contribution >= 0.6 is 50.7 Å². The highest BCUT2D eigenvalue weighted by Gasteiger charge is 2.12. The van der Waals surface area contributed by atoms with Crippen molar-refractivity contribution in [2.24, 2.45) is 0 Å². The van der Waals surface area contributed by atoms with Crippen molar-refractivity contribution in [2.75, 3.05) is 5.32 Å². The first-order valence-corrected chi connectivity index (χ1v) is 13.5. The summed E-state index contributed by atoms with van der Waals surface area (Å²) < 4.78 is 12.3. The first-order chi connectivity index (χ1) is 18.8. The lowest BCUT2D eigenvalue weighted by Crippen LogP contribution is -2.13. The number of ether oxygens (including phenoxy) is 2. The third-order valence-electron chi connectivity index (χ3n) is 5.49. The van der Waals surface area contributed by atoms with Gasteiger partial charge in [0, 0.05) is 31.9 Å². The molecule has 0 aromatic heterocycles. The molecule has 4 aromatic rings. The number of hydrogen-bond donors (Lipinski definition) is 1. The van der Waals surface area contributed by atoms with Crippen molar-refractivity contribution < 1.29 is 14.3 Å². The number of benzene rings is 4. The van der Waals surface area contributed by atoms with E-state index < -0.39 is 5.91 Å². The van der Waals surface area contributed by atoms with Crippen LogP contribution < -0.4 is 14.8 Å². The number of nitrogens with one attached hydrogen (secondary N) is 1. The molecule has 0 spiro atoms. The Hall–Kier alpha value is -3.47. The van der Waals surface area contributed by atoms with Crippen LogP contribution in [-0.2, 0) is 18.0 Å². The predicted molar refractivity (Wildman–Crippen MR) is 159 cm³/mol. The normalized spacial score (nSPS) is 11.0. The molecule has 4 aromatic carbocycles. The second kappa shape index (κ2) is 13.5. The maximum Gasteiger partial charge on any atom is 0.266 e. The van der Waals surface area contributed by atoms with Gasteiger partial charge in [0.05, 0.1) is 4.47 Å². The molecule has 0 aliphatic rings. The average Bonchev–Trinajstić information content (AvgIpc) is 2.92. The van der Waals surface area contributed by atoms with E-state index in [4.69, 9.17) is 44.3 Å². The summed E-state index contributed by atoms with van der Waals surface area (Å²) >= 11 is 21.8. The Morgan fingerprint density at radius 2 is 1.59 bits per heavy atom. The SMILES string of the molecule is N#C/C(=C\c1ccc(OCc2ccc(Cl)cc2Cl)c(Br)c1)C(=O)Nc1ccc(OCc2ccccc2Cl)cc1. The lowest BCUT2D eigenvalue weighted by molar-refractivity contribution is -0.112. The summed E-state index contributed by atoms with van der Waals surface area (Å²) in [4.78, 5) is 12.7. The zero-order chi connectivity index (χ0) is 27.8. The minimum absolute atomic E-state index is 0.0532. The summed E-state index contributed by atoms with van der Waals surface area (Å²) in [6, 6.07) is 26.7. The van der Waals surface area contributed by atoms with E-state index in [9.17, 15) is 10.1 Å². The first kappa shape index (κ1) is 28.5. The lowest BCUT2D eigenvalue weighted by Gasteiger charge is -2.11. The van der Waals surface area contributed by atoms with Crippen LogP contribution in [0.2, 0.25) is 15.1 Å². The minimum atomic E-state index is -0.531. The van der Waals surface area contributed by atoms with Crippen LogP contribution in [0.5, 0.6) is 11.5 Å². The number of rotatable bonds is 9. The number of carbonyl (C=O) groups is 1. The molecular formula is C30H20BrCl3N2O3. The molecule has 39 heavy (non-hydrogen) atoms. The van der Waals surface area contributed by atoms with Crippen LogP contribution in [0.4, 0.5) is 5.69 Å². The Kier molecular flexibility index (Phi) is 9.91. The van der Waals surface area contributed by atoms with Gasteiger partial charge in [0.25, 0.3) is 5.91 Å². The van der Waals surface area contributed by atoms with Gasteiger partial charge in [0.2, 0.25) is 0 Å². The molecule has 4 rings (SSSR count). The monoisotopic (exact) mass is 640 g/mol. The van der Waals surface area contributed by atoms with Crippen LogP contribution in [-0.4, -0.2) is 5.91 Å². The number of halogens is 4. The van der Waals surface area contributed by atoms with Crippen LogP contribution in [0.25, 0.3) is 6.08 Å². The summed E-state index contributed by atoms with van der Waals surface area (Å²) in [7, 11) is 0. The number of amides is 1. The zero-order valence-electron chi connectivity index (χ0n) is 20.3. The van der Waals surface area contributed by atoms with Gasteiger partial charge in [-0.25, -0.2) is 0 Å². The van der Waals surface area contributed by atoms with Crippen LogP contribution in [0, 0.1) is 11.3 Å². The van der Waals surface area contributed by atoms with Gasteiger partial charge in [0.1, 0.15) is 36.4 Å². The summed E-state index contributed by atoms with van der Waals surface area (Å²) in [5, 5.41) is 14.0. The van der Waals surface area contributed by atoms with Crippen molar-refractivity contribution in [1.82, 2.24) is 0 Å². The zero-order valence-corrected chi connectivity index (χ0v) is 24.1. The van der Waals surface area contributed by atoms with Gasteiger partial charge in [-0.2, -0.15) is 5.26 Å². The van der Waals surface area contributed by atoms with E-state index >= 15 is 0 Å². The maximum absolute atomic E-state index is 12.7. The fourth-order valence-electron chi connectivity index (χ4n) is 3.44. The van der Waals surface area contributed by atoms with Crippen molar-refractivity contribution in [3.8, 4) is 17.6 Å². The third kappa shape index (κ3) is 8.01. The van der Waals surface area contributed by atoms with E-state index in [1.807, 2.05) is 24.3 Å². The Morgan fingerprint density at radius 1 is 0.872 bits per heavy atom. The van der Waals surface area contributed by atoms with Crippen molar-refractivity contribution in [1.29, 1.82) is 5.26 Å². The van der Waals surface area contributed by atoms with Crippen molar-refractivity contribution in [2.45, 2.75) is 13.2 Å². The molecule has 196 valence electrons. The Labute approximate surface area is 249 Å². The molecule has 0 atom stereocenters. The van der Waals surface area contributed by atoms with E-state index in [1.54, 1.807) is 66.7 Å². The molecule has 0 bridgehead atoms. The quantitative estimate of drug-likeness (QED) is 0.146. The molecule has 0 aliphatic carbocycles. The molecule has 5 nitrogen and oxygen atoms in total. The standard InChI is InChI=1S/C30H20BrCl3N2O3/c31-26-14-19(5-12-29(26)39-18-21-6-7-23(32)15-28(21)34)13-22(16-35)30(37)36-24-8-10-25(11-9-24)38-17-20-3-1-2-4-27(20)33/h1-15H,17-18H2,(H,36,37)/b22-13+. The van der Waals surface area contributed by atoms with Crippen LogP contribution in [0.1, 0.15) is 16.7 Å². The number of nitrogens with zero attached hydrogens (tertiary/aromatic N) is 1. The number of hydrogen-bond acceptors (Lipinski definition) is 4. The van der Waals surface area contributed by atoms with E-state index in [0.717, 1.165) is 11.1 Å². The highest BCUT2D eigenvalue weighted by atomic mass is 79.9. The van der Waals surface area contributed by atoms with Crippen molar-refractivity contribution in [3.05, 3.63) is 127 Å². The molecule has 0 aliphatic heterocycles. The molecule has 0 saturated heterocycles. The average molecular weight is 643 g/mol. The van der Waals surface area contributed by atoms with E-state index in [1.165, 1.54) is 6.08 Å². The molecule has 9 heteroatoms. The molecule has 0 unspecified atom stereocenters. The van der Waals surface area contributed by atoms with Gasteiger partial charge in [0.15, 0.2) is 0 Å². The van der Waals surface area contributed by atoms with Gasteiger partial charge < -0.3 is 14.8 Å². The molecule has 0 radical (unpaired) electrons. The summed E-state index contributed by atoms with van der Waals surface area (Å²) in [6.45, 7) is 0.570. The first-order valence-electron chi connectivity index (χ1n) is 11.6. The molecular weight excluding hydrogens is 623 g/mol. The molecule has 0 saturated carbocycles. The fourth-order valence-corrected chi connectivity index (χ4v) is 4.61. The van der Waals surface area contributed by atoms with E-state index in [2.05, 4.69) is 21.2 Å². The maximum atomic E-state index is 12.7. The number of carbonyl (C=O) groups excluding carboxylic acids is 1. The van der Waals surface area contributed by atoms with Gasteiger partial charge >= 0.3 is 0 Å². The molecule has 0 fully saturated rings. The smallest absolute Gasteiger partial charge is 0.266 e. The van der Waals surface area contributed by atoms with E-state index in [-0.39, 0.29) is 12.2 Å².